The standard InChI is InChI=1S/C13H12BrF2N3/c1-6-5-17-12-13(2,3)18-8-4-7(15)9(14)10(16)11(8)19(6)12/h4-5,18H,1-3H3. The van der Waals surface area contributed by atoms with Gasteiger partial charge in [-0.25, -0.2) is 13.8 Å². The summed E-state index contributed by atoms with van der Waals surface area (Å²) in [4.78, 5) is 4.33. The molecule has 0 spiro atoms. The van der Waals surface area contributed by atoms with E-state index in [1.807, 2.05) is 20.8 Å². The zero-order chi connectivity index (χ0) is 13.9. The van der Waals surface area contributed by atoms with Gasteiger partial charge in [-0.05, 0) is 36.7 Å². The normalized spacial score (nSPS) is 15.7. The Morgan fingerprint density at radius 2 is 2.05 bits per heavy atom. The minimum absolute atomic E-state index is 0.160. The molecule has 0 bridgehead atoms. The summed E-state index contributed by atoms with van der Waals surface area (Å²) in [6.07, 6.45) is 1.69. The van der Waals surface area contributed by atoms with Crippen LogP contribution in [-0.4, -0.2) is 9.55 Å². The van der Waals surface area contributed by atoms with E-state index in [1.165, 1.54) is 6.07 Å². The van der Waals surface area contributed by atoms with Gasteiger partial charge in [0.2, 0.25) is 0 Å². The van der Waals surface area contributed by atoms with E-state index in [9.17, 15) is 8.78 Å². The molecule has 1 aliphatic rings. The van der Waals surface area contributed by atoms with Gasteiger partial charge in [0.05, 0.1) is 15.7 Å². The fourth-order valence-electron chi connectivity index (χ4n) is 2.45. The van der Waals surface area contributed by atoms with Gasteiger partial charge in [0.15, 0.2) is 5.82 Å². The molecule has 0 saturated carbocycles. The van der Waals surface area contributed by atoms with Gasteiger partial charge in [-0.1, -0.05) is 0 Å². The van der Waals surface area contributed by atoms with Crippen molar-refractivity contribution in [3.63, 3.8) is 0 Å². The first-order chi connectivity index (χ1) is 8.83. The van der Waals surface area contributed by atoms with Crippen molar-refractivity contribution < 1.29 is 8.78 Å². The molecule has 0 atom stereocenters. The van der Waals surface area contributed by atoms with Crippen molar-refractivity contribution in [1.82, 2.24) is 9.55 Å². The molecule has 2 aromatic rings. The average molecular weight is 328 g/mol. The predicted octanol–water partition coefficient (Wildman–Crippen LogP) is 3.88. The molecule has 3 nitrogen and oxygen atoms in total. The second kappa shape index (κ2) is 3.79. The van der Waals surface area contributed by atoms with E-state index in [-0.39, 0.29) is 4.47 Å². The summed E-state index contributed by atoms with van der Waals surface area (Å²) in [7, 11) is 0. The van der Waals surface area contributed by atoms with Crippen molar-refractivity contribution in [1.29, 1.82) is 0 Å². The molecule has 1 N–H and O–H groups in total. The Balaban J connectivity index is 2.42. The van der Waals surface area contributed by atoms with E-state index in [2.05, 4.69) is 26.2 Å². The lowest BCUT2D eigenvalue weighted by Crippen LogP contribution is -2.36. The van der Waals surface area contributed by atoms with Crippen LogP contribution in [0.15, 0.2) is 16.7 Å². The van der Waals surface area contributed by atoms with Crippen LogP contribution < -0.4 is 5.32 Å². The van der Waals surface area contributed by atoms with Crippen LogP contribution in [0.2, 0.25) is 0 Å². The van der Waals surface area contributed by atoms with E-state index in [1.54, 1.807) is 10.8 Å². The van der Waals surface area contributed by atoms with Crippen molar-refractivity contribution in [3.8, 4) is 5.69 Å². The molecule has 1 aromatic carbocycles. The number of nitrogens with one attached hydrogen (secondary N) is 1. The fraction of sp³-hybridized carbons (Fsp3) is 0.308. The maximum absolute atomic E-state index is 14.4. The van der Waals surface area contributed by atoms with Gasteiger partial charge in [0, 0.05) is 18.0 Å². The summed E-state index contributed by atoms with van der Waals surface area (Å²) in [6, 6.07) is 1.30. The second-order valence-electron chi connectivity index (χ2n) is 5.19. The smallest absolute Gasteiger partial charge is 0.166 e. The molecule has 0 aliphatic carbocycles. The number of fused-ring (bicyclic) bond motifs is 3. The van der Waals surface area contributed by atoms with Gasteiger partial charge in [-0.3, -0.25) is 4.57 Å². The summed E-state index contributed by atoms with van der Waals surface area (Å²) in [6.45, 7) is 5.69. The van der Waals surface area contributed by atoms with Crippen molar-refractivity contribution in [2.24, 2.45) is 0 Å². The molecule has 0 fully saturated rings. The molecule has 1 aromatic heterocycles. The van der Waals surface area contributed by atoms with E-state index < -0.39 is 17.2 Å². The molecule has 0 radical (unpaired) electrons. The van der Waals surface area contributed by atoms with Crippen molar-refractivity contribution in [2.45, 2.75) is 26.3 Å². The van der Waals surface area contributed by atoms with Crippen molar-refractivity contribution in [2.75, 3.05) is 5.32 Å². The summed E-state index contributed by atoms with van der Waals surface area (Å²) in [5.41, 5.74) is 1.05. The van der Waals surface area contributed by atoms with Crippen LogP contribution in [0.5, 0.6) is 0 Å². The third kappa shape index (κ3) is 1.62. The van der Waals surface area contributed by atoms with E-state index >= 15 is 0 Å². The SMILES string of the molecule is Cc1cnc2n1-c1c(cc(F)c(Br)c1F)NC2(C)C. The quantitative estimate of drug-likeness (QED) is 0.744. The summed E-state index contributed by atoms with van der Waals surface area (Å²) in [5.74, 6) is -0.545. The number of anilines is 1. The van der Waals surface area contributed by atoms with Gasteiger partial charge in [-0.15, -0.1) is 0 Å². The first-order valence-electron chi connectivity index (χ1n) is 5.84. The highest BCUT2D eigenvalue weighted by Gasteiger charge is 2.35. The number of halogens is 3. The molecule has 0 amide bonds. The van der Waals surface area contributed by atoms with Gasteiger partial charge >= 0.3 is 0 Å². The molecule has 100 valence electrons. The third-order valence-electron chi connectivity index (χ3n) is 3.30. The average Bonchev–Trinajstić information content (AvgIpc) is 2.69. The first kappa shape index (κ1) is 12.6. The topological polar surface area (TPSA) is 29.9 Å². The van der Waals surface area contributed by atoms with Gasteiger partial charge in [0.25, 0.3) is 0 Å². The van der Waals surface area contributed by atoms with Crippen LogP contribution >= 0.6 is 15.9 Å². The van der Waals surface area contributed by atoms with Crippen LogP contribution in [0.1, 0.15) is 25.4 Å². The predicted molar refractivity (Wildman–Crippen MR) is 72.6 cm³/mol. The zero-order valence-corrected chi connectivity index (χ0v) is 12.3. The van der Waals surface area contributed by atoms with Gasteiger partial charge in [-0.2, -0.15) is 0 Å². The Morgan fingerprint density at radius 1 is 1.37 bits per heavy atom. The number of rotatable bonds is 0. The van der Waals surface area contributed by atoms with Crippen molar-refractivity contribution in [3.05, 3.63) is 39.9 Å². The van der Waals surface area contributed by atoms with E-state index in [0.29, 0.717) is 17.2 Å². The largest absolute Gasteiger partial charge is 0.371 e. The maximum atomic E-state index is 14.4. The highest BCUT2D eigenvalue weighted by Crippen LogP contribution is 2.41. The highest BCUT2D eigenvalue weighted by molar-refractivity contribution is 9.10. The summed E-state index contributed by atoms with van der Waals surface area (Å²) < 4.78 is 29.6. The van der Waals surface area contributed by atoms with Gasteiger partial charge < -0.3 is 5.32 Å². The summed E-state index contributed by atoms with van der Waals surface area (Å²) >= 11 is 2.94. The number of nitrogens with zero attached hydrogens (tertiary/aromatic N) is 2. The van der Waals surface area contributed by atoms with Crippen LogP contribution in [-0.2, 0) is 5.54 Å². The Labute approximate surface area is 117 Å². The molecular weight excluding hydrogens is 316 g/mol. The number of benzene rings is 1. The Bertz CT molecular complexity index is 692. The lowest BCUT2D eigenvalue weighted by molar-refractivity contribution is 0.513. The number of hydrogen-bond acceptors (Lipinski definition) is 2. The molecule has 2 heterocycles. The molecule has 0 unspecified atom stereocenters. The highest BCUT2D eigenvalue weighted by atomic mass is 79.9. The lowest BCUT2D eigenvalue weighted by Gasteiger charge is -2.35. The molecule has 1 aliphatic heterocycles. The van der Waals surface area contributed by atoms with E-state index in [0.717, 1.165) is 5.69 Å². The number of hydrogen-bond donors (Lipinski definition) is 1. The molecule has 0 saturated heterocycles. The monoisotopic (exact) mass is 327 g/mol. The second-order valence-corrected chi connectivity index (χ2v) is 5.98. The minimum Gasteiger partial charge on any atom is -0.371 e. The first-order valence-corrected chi connectivity index (χ1v) is 6.63. The molecule has 3 rings (SSSR count). The fourth-order valence-corrected chi connectivity index (χ4v) is 2.75. The van der Waals surface area contributed by atoms with Crippen LogP contribution in [0, 0.1) is 18.6 Å². The number of imidazole rings is 1. The van der Waals surface area contributed by atoms with E-state index in [4.69, 9.17) is 0 Å². The molecular formula is C13H12BrF2N3. The van der Waals surface area contributed by atoms with Crippen LogP contribution in [0.4, 0.5) is 14.5 Å². The summed E-state index contributed by atoms with van der Waals surface area (Å²) in [5, 5.41) is 3.13. The third-order valence-corrected chi connectivity index (χ3v) is 4.03. The maximum Gasteiger partial charge on any atom is 0.166 e. The molecule has 19 heavy (non-hydrogen) atoms. The Kier molecular flexibility index (Phi) is 2.51. The van der Waals surface area contributed by atoms with Crippen LogP contribution in [0.25, 0.3) is 5.69 Å². The number of aromatic nitrogens is 2. The minimum atomic E-state index is -0.625. The Morgan fingerprint density at radius 3 is 2.74 bits per heavy atom. The zero-order valence-electron chi connectivity index (χ0n) is 10.7. The lowest BCUT2D eigenvalue weighted by atomic mass is 10.00. The van der Waals surface area contributed by atoms with Crippen LogP contribution in [0.3, 0.4) is 0 Å². The number of aryl methyl sites for hydroxylation is 1. The van der Waals surface area contributed by atoms with Crippen molar-refractivity contribution >= 4 is 21.6 Å². The molecule has 6 heteroatoms. The Hall–Kier alpha value is -1.43. The van der Waals surface area contributed by atoms with Gasteiger partial charge in [0.1, 0.15) is 17.3 Å².